The van der Waals surface area contributed by atoms with Gasteiger partial charge in [0, 0.05) is 16.6 Å². The third-order valence-electron chi connectivity index (χ3n) is 4.24. The zero-order valence-electron chi connectivity index (χ0n) is 12.4. The first-order valence-corrected chi connectivity index (χ1v) is 7.97. The molecule has 3 aromatic heterocycles. The smallest absolute Gasteiger partial charge is 0.283 e. The van der Waals surface area contributed by atoms with Crippen LogP contribution in [0.15, 0.2) is 41.6 Å². The quantitative estimate of drug-likeness (QED) is 0.561. The zero-order chi connectivity index (χ0) is 16.3. The van der Waals surface area contributed by atoms with Crippen molar-refractivity contribution in [3.05, 3.63) is 52.2 Å². The second kappa shape index (κ2) is 4.85. The largest absolute Gasteiger partial charge is 0.294 e. The summed E-state index contributed by atoms with van der Waals surface area (Å²) in [6, 6.07) is 7.64. The van der Waals surface area contributed by atoms with Gasteiger partial charge in [-0.2, -0.15) is 9.61 Å². The molecule has 1 aliphatic carbocycles. The average Bonchev–Trinajstić information content (AvgIpc) is 3.34. The van der Waals surface area contributed by atoms with E-state index in [1.807, 2.05) is 12.1 Å². The normalized spacial score (nSPS) is 14.5. The van der Waals surface area contributed by atoms with Gasteiger partial charge in [0.2, 0.25) is 0 Å². The van der Waals surface area contributed by atoms with Gasteiger partial charge in [-0.25, -0.2) is 4.98 Å². The minimum atomic E-state index is -0.166. The third-order valence-corrected chi connectivity index (χ3v) is 4.49. The van der Waals surface area contributed by atoms with Crippen molar-refractivity contribution in [1.82, 2.24) is 29.4 Å². The van der Waals surface area contributed by atoms with Crippen LogP contribution in [-0.2, 0) is 0 Å². The van der Waals surface area contributed by atoms with Gasteiger partial charge in [-0.1, -0.05) is 23.7 Å². The Hall–Kier alpha value is -2.80. The lowest BCUT2D eigenvalue weighted by Crippen LogP contribution is -2.22. The van der Waals surface area contributed by atoms with Gasteiger partial charge >= 0.3 is 0 Å². The Morgan fingerprint density at radius 1 is 1.08 bits per heavy atom. The van der Waals surface area contributed by atoms with E-state index < -0.39 is 0 Å². The summed E-state index contributed by atoms with van der Waals surface area (Å²) in [5.74, 6) is 0. The first-order valence-electron chi connectivity index (χ1n) is 7.59. The molecule has 0 saturated heterocycles. The van der Waals surface area contributed by atoms with Gasteiger partial charge in [0.05, 0.1) is 6.20 Å². The molecular weight excluding hydrogens is 328 g/mol. The number of benzene rings is 1. The fraction of sp³-hybridized carbons (Fsp3) is 0.188. The molecule has 0 amide bonds. The minimum absolute atomic E-state index is 0.166. The van der Waals surface area contributed by atoms with E-state index in [-0.39, 0.29) is 17.1 Å². The maximum atomic E-state index is 12.5. The fourth-order valence-corrected chi connectivity index (χ4v) is 2.95. The average molecular weight is 339 g/mol. The number of fused-ring (bicyclic) bond motifs is 3. The van der Waals surface area contributed by atoms with Gasteiger partial charge in [-0.3, -0.25) is 9.36 Å². The molecule has 3 heterocycles. The maximum absolute atomic E-state index is 12.5. The molecule has 24 heavy (non-hydrogen) atoms. The number of aromatic nitrogens is 6. The lowest BCUT2D eigenvalue weighted by molar-refractivity contribution is 0.690. The van der Waals surface area contributed by atoms with E-state index >= 15 is 0 Å². The van der Waals surface area contributed by atoms with Crippen LogP contribution in [0.1, 0.15) is 18.9 Å². The van der Waals surface area contributed by atoms with Crippen LogP contribution in [0.2, 0.25) is 5.02 Å². The van der Waals surface area contributed by atoms with Crippen molar-refractivity contribution in [2.75, 3.05) is 0 Å². The molecule has 0 spiro atoms. The van der Waals surface area contributed by atoms with Gasteiger partial charge in [-0.15, -0.1) is 10.2 Å². The first-order chi connectivity index (χ1) is 11.7. The standard InChI is InChI=1S/C16H11ClN6O/c17-10-3-1-9(2-4-10)12-7-19-23-14(12)21-20-13-15(23)18-8-22(16(13)24)11-5-6-11/h1-4,7-8,11H,5-6H2. The molecule has 1 aliphatic rings. The Bertz CT molecular complexity index is 1140. The number of hydrogen-bond acceptors (Lipinski definition) is 5. The van der Waals surface area contributed by atoms with Gasteiger partial charge in [0.15, 0.2) is 16.8 Å². The fourth-order valence-electron chi connectivity index (χ4n) is 2.83. The van der Waals surface area contributed by atoms with E-state index in [2.05, 4.69) is 20.3 Å². The third kappa shape index (κ3) is 1.94. The highest BCUT2D eigenvalue weighted by molar-refractivity contribution is 6.30. The van der Waals surface area contributed by atoms with Crippen molar-refractivity contribution in [2.24, 2.45) is 0 Å². The molecule has 1 fully saturated rings. The molecule has 0 bridgehead atoms. The summed E-state index contributed by atoms with van der Waals surface area (Å²) in [6.07, 6.45) is 5.28. The van der Waals surface area contributed by atoms with Crippen LogP contribution >= 0.6 is 11.6 Å². The van der Waals surface area contributed by atoms with E-state index in [9.17, 15) is 4.79 Å². The van der Waals surface area contributed by atoms with E-state index in [0.717, 1.165) is 24.0 Å². The van der Waals surface area contributed by atoms with Crippen LogP contribution in [0.5, 0.6) is 0 Å². The predicted molar refractivity (Wildman–Crippen MR) is 89.1 cm³/mol. The van der Waals surface area contributed by atoms with Crippen LogP contribution in [0.3, 0.4) is 0 Å². The molecule has 0 N–H and O–H groups in total. The monoisotopic (exact) mass is 338 g/mol. The summed E-state index contributed by atoms with van der Waals surface area (Å²) < 4.78 is 3.19. The zero-order valence-corrected chi connectivity index (χ0v) is 13.2. The maximum Gasteiger partial charge on any atom is 0.283 e. The Labute approximate surface area is 140 Å². The SMILES string of the molecule is O=c1c2nnc3c(-c4ccc(Cl)cc4)cnn3c2ncn1C1CC1. The highest BCUT2D eigenvalue weighted by Gasteiger charge is 2.26. The minimum Gasteiger partial charge on any atom is -0.294 e. The number of halogens is 1. The Morgan fingerprint density at radius 3 is 2.62 bits per heavy atom. The first kappa shape index (κ1) is 13.6. The molecule has 0 atom stereocenters. The van der Waals surface area contributed by atoms with Gasteiger partial charge in [0.25, 0.3) is 5.56 Å². The second-order valence-corrected chi connectivity index (χ2v) is 6.30. The van der Waals surface area contributed by atoms with Crippen LogP contribution < -0.4 is 5.56 Å². The van der Waals surface area contributed by atoms with Crippen molar-refractivity contribution in [1.29, 1.82) is 0 Å². The molecule has 118 valence electrons. The van der Waals surface area contributed by atoms with E-state index in [1.165, 1.54) is 0 Å². The van der Waals surface area contributed by atoms with Crippen molar-refractivity contribution in [3.63, 3.8) is 0 Å². The molecule has 0 radical (unpaired) electrons. The summed E-state index contributed by atoms with van der Waals surface area (Å²) in [7, 11) is 0. The summed E-state index contributed by atoms with van der Waals surface area (Å²) in [5.41, 5.74) is 2.79. The molecule has 5 rings (SSSR count). The van der Waals surface area contributed by atoms with Crippen LogP contribution in [-0.4, -0.2) is 29.4 Å². The van der Waals surface area contributed by atoms with Crippen LogP contribution in [0.25, 0.3) is 27.9 Å². The van der Waals surface area contributed by atoms with Crippen molar-refractivity contribution in [3.8, 4) is 11.1 Å². The molecule has 1 aromatic carbocycles. The second-order valence-electron chi connectivity index (χ2n) is 5.86. The molecule has 0 aliphatic heterocycles. The molecule has 1 saturated carbocycles. The number of hydrogen-bond donors (Lipinski definition) is 0. The Morgan fingerprint density at radius 2 is 1.88 bits per heavy atom. The summed E-state index contributed by atoms with van der Waals surface area (Å²) >= 11 is 5.94. The topological polar surface area (TPSA) is 78.0 Å². The lowest BCUT2D eigenvalue weighted by atomic mass is 10.1. The van der Waals surface area contributed by atoms with Crippen molar-refractivity contribution in [2.45, 2.75) is 18.9 Å². The summed E-state index contributed by atoms with van der Waals surface area (Å²) in [5, 5.41) is 13.3. The highest BCUT2D eigenvalue weighted by atomic mass is 35.5. The summed E-state index contributed by atoms with van der Waals surface area (Å²) in [4.78, 5) is 16.9. The van der Waals surface area contributed by atoms with E-state index in [0.29, 0.717) is 16.3 Å². The number of nitrogens with zero attached hydrogens (tertiary/aromatic N) is 6. The summed E-state index contributed by atoms with van der Waals surface area (Å²) in [6.45, 7) is 0. The molecule has 8 heteroatoms. The van der Waals surface area contributed by atoms with E-state index in [1.54, 1.807) is 33.7 Å². The van der Waals surface area contributed by atoms with Gasteiger partial charge in [0.1, 0.15) is 6.33 Å². The van der Waals surface area contributed by atoms with Gasteiger partial charge in [-0.05, 0) is 30.5 Å². The molecular formula is C16H11ClN6O. The number of rotatable bonds is 2. The highest BCUT2D eigenvalue weighted by Crippen LogP contribution is 2.33. The van der Waals surface area contributed by atoms with E-state index in [4.69, 9.17) is 11.6 Å². The Balaban J connectivity index is 1.76. The molecule has 0 unspecified atom stereocenters. The van der Waals surface area contributed by atoms with Crippen LogP contribution in [0, 0.1) is 0 Å². The lowest BCUT2D eigenvalue weighted by Gasteiger charge is -2.04. The molecule has 4 aromatic rings. The van der Waals surface area contributed by atoms with Crippen LogP contribution in [0.4, 0.5) is 0 Å². The van der Waals surface area contributed by atoms with Crippen molar-refractivity contribution >= 4 is 28.4 Å². The van der Waals surface area contributed by atoms with Gasteiger partial charge < -0.3 is 0 Å². The molecule has 7 nitrogen and oxygen atoms in total. The predicted octanol–water partition coefficient (Wildman–Crippen LogP) is 2.49. The Kier molecular flexibility index (Phi) is 2.75. The van der Waals surface area contributed by atoms with Crippen molar-refractivity contribution < 1.29 is 0 Å².